The van der Waals surface area contributed by atoms with Crippen molar-refractivity contribution >= 4 is 28.8 Å². The highest BCUT2D eigenvalue weighted by atomic mass is 32.1. The van der Waals surface area contributed by atoms with E-state index in [9.17, 15) is 9.59 Å². The number of hydrogen-bond acceptors (Lipinski definition) is 4. The Bertz CT molecular complexity index is 1040. The van der Waals surface area contributed by atoms with Crippen LogP contribution in [0.4, 0.5) is 5.69 Å². The first-order valence-corrected chi connectivity index (χ1v) is 10.6. The number of anilines is 1. The standard InChI is InChI=1S/C24H26N2O3S/c1-15-5-7-18(8-6-15)19-10-20(23(27)25-17(3)13-29-4)12-21(11-19)26-24(28)22-9-16(2)14-30-22/h5-12,14,17H,13H2,1-4H3,(H,25,27)(H,26,28). The number of methoxy groups -OCH3 is 1. The van der Waals surface area contributed by atoms with E-state index in [4.69, 9.17) is 4.74 Å². The molecule has 1 unspecified atom stereocenters. The lowest BCUT2D eigenvalue weighted by molar-refractivity contribution is 0.0905. The Morgan fingerprint density at radius 3 is 2.33 bits per heavy atom. The Morgan fingerprint density at radius 1 is 0.967 bits per heavy atom. The number of benzene rings is 2. The molecule has 6 heteroatoms. The van der Waals surface area contributed by atoms with E-state index in [2.05, 4.69) is 10.6 Å². The Kier molecular flexibility index (Phi) is 7.03. The fraction of sp³-hybridized carbons (Fsp3) is 0.250. The molecule has 3 rings (SSSR count). The third-order valence-electron chi connectivity index (χ3n) is 4.59. The minimum Gasteiger partial charge on any atom is -0.383 e. The molecule has 2 amide bonds. The van der Waals surface area contributed by atoms with E-state index in [0.29, 0.717) is 22.7 Å². The predicted molar refractivity (Wildman–Crippen MR) is 122 cm³/mol. The number of rotatable bonds is 7. The van der Waals surface area contributed by atoms with E-state index in [1.54, 1.807) is 13.2 Å². The lowest BCUT2D eigenvalue weighted by Crippen LogP contribution is -2.35. The minimum atomic E-state index is -0.212. The maximum Gasteiger partial charge on any atom is 0.265 e. The van der Waals surface area contributed by atoms with Crippen LogP contribution in [0.5, 0.6) is 0 Å². The Balaban J connectivity index is 1.94. The molecule has 0 aliphatic heterocycles. The Hall–Kier alpha value is -2.96. The predicted octanol–water partition coefficient (Wildman–Crippen LogP) is 5.05. The smallest absolute Gasteiger partial charge is 0.265 e. The monoisotopic (exact) mass is 422 g/mol. The molecular weight excluding hydrogens is 396 g/mol. The summed E-state index contributed by atoms with van der Waals surface area (Å²) < 4.78 is 5.10. The van der Waals surface area contributed by atoms with Crippen molar-refractivity contribution in [1.29, 1.82) is 0 Å². The molecule has 0 fully saturated rings. The molecule has 1 aromatic heterocycles. The minimum absolute atomic E-state index is 0.127. The summed E-state index contributed by atoms with van der Waals surface area (Å²) in [6, 6.07) is 15.2. The van der Waals surface area contributed by atoms with Gasteiger partial charge in [0.15, 0.2) is 0 Å². The maximum atomic E-state index is 12.8. The van der Waals surface area contributed by atoms with Gasteiger partial charge in [0.1, 0.15) is 0 Å². The van der Waals surface area contributed by atoms with Gasteiger partial charge in [-0.05, 0) is 67.1 Å². The molecule has 0 bridgehead atoms. The molecule has 5 nitrogen and oxygen atoms in total. The van der Waals surface area contributed by atoms with Crippen LogP contribution in [0.15, 0.2) is 53.9 Å². The largest absolute Gasteiger partial charge is 0.383 e. The van der Waals surface area contributed by atoms with Gasteiger partial charge in [0.05, 0.1) is 11.5 Å². The summed E-state index contributed by atoms with van der Waals surface area (Å²) in [5.41, 5.74) is 5.10. The van der Waals surface area contributed by atoms with Gasteiger partial charge in [-0.3, -0.25) is 9.59 Å². The summed E-state index contributed by atoms with van der Waals surface area (Å²) in [5.74, 6) is -0.399. The molecule has 0 saturated heterocycles. The van der Waals surface area contributed by atoms with Crippen LogP contribution in [-0.2, 0) is 4.74 Å². The number of hydrogen-bond donors (Lipinski definition) is 2. The molecule has 3 aromatic rings. The van der Waals surface area contributed by atoms with E-state index in [-0.39, 0.29) is 17.9 Å². The summed E-state index contributed by atoms with van der Waals surface area (Å²) in [7, 11) is 1.60. The number of ether oxygens (including phenoxy) is 1. The van der Waals surface area contributed by atoms with Crippen molar-refractivity contribution < 1.29 is 14.3 Å². The number of thiophene rings is 1. The van der Waals surface area contributed by atoms with Crippen molar-refractivity contribution in [3.05, 3.63) is 75.5 Å². The van der Waals surface area contributed by atoms with Crippen LogP contribution >= 0.6 is 11.3 Å². The zero-order valence-electron chi connectivity index (χ0n) is 17.6. The molecule has 30 heavy (non-hydrogen) atoms. The van der Waals surface area contributed by atoms with Gasteiger partial charge in [-0.1, -0.05) is 29.8 Å². The van der Waals surface area contributed by atoms with Gasteiger partial charge in [0, 0.05) is 24.4 Å². The highest BCUT2D eigenvalue weighted by molar-refractivity contribution is 7.12. The van der Waals surface area contributed by atoms with E-state index >= 15 is 0 Å². The maximum absolute atomic E-state index is 12.8. The molecule has 0 aliphatic rings. The number of aryl methyl sites for hydroxylation is 2. The molecule has 2 N–H and O–H groups in total. The summed E-state index contributed by atoms with van der Waals surface area (Å²) in [6.07, 6.45) is 0. The van der Waals surface area contributed by atoms with E-state index in [1.165, 1.54) is 11.3 Å². The summed E-state index contributed by atoms with van der Waals surface area (Å²) in [5, 5.41) is 7.80. The van der Waals surface area contributed by atoms with Crippen molar-refractivity contribution in [2.75, 3.05) is 19.0 Å². The molecule has 0 spiro atoms. The van der Waals surface area contributed by atoms with Crippen LogP contribution in [-0.4, -0.2) is 31.6 Å². The first-order valence-electron chi connectivity index (χ1n) is 9.74. The molecular formula is C24H26N2O3S. The van der Waals surface area contributed by atoms with Crippen LogP contribution in [0.1, 0.15) is 38.1 Å². The van der Waals surface area contributed by atoms with Crippen molar-refractivity contribution in [3.63, 3.8) is 0 Å². The normalized spacial score (nSPS) is 11.7. The highest BCUT2D eigenvalue weighted by Gasteiger charge is 2.15. The molecule has 1 heterocycles. The van der Waals surface area contributed by atoms with Gasteiger partial charge in [-0.2, -0.15) is 0 Å². The molecule has 2 aromatic carbocycles. The van der Waals surface area contributed by atoms with Gasteiger partial charge in [0.25, 0.3) is 11.8 Å². The van der Waals surface area contributed by atoms with Crippen LogP contribution in [0.25, 0.3) is 11.1 Å². The summed E-state index contributed by atoms with van der Waals surface area (Å²) >= 11 is 1.40. The first-order chi connectivity index (χ1) is 14.4. The summed E-state index contributed by atoms with van der Waals surface area (Å²) in [6.45, 7) is 6.28. The first kappa shape index (κ1) is 21.7. The Labute approximate surface area is 181 Å². The summed E-state index contributed by atoms with van der Waals surface area (Å²) in [4.78, 5) is 26.1. The topological polar surface area (TPSA) is 67.4 Å². The lowest BCUT2D eigenvalue weighted by Gasteiger charge is -2.15. The van der Waals surface area contributed by atoms with Crippen molar-refractivity contribution in [1.82, 2.24) is 5.32 Å². The quantitative estimate of drug-likeness (QED) is 0.560. The molecule has 0 radical (unpaired) electrons. The van der Waals surface area contributed by atoms with E-state index in [1.807, 2.05) is 68.6 Å². The van der Waals surface area contributed by atoms with Crippen LogP contribution in [0, 0.1) is 13.8 Å². The molecule has 0 saturated carbocycles. The lowest BCUT2D eigenvalue weighted by atomic mass is 10.0. The van der Waals surface area contributed by atoms with Crippen molar-refractivity contribution in [2.24, 2.45) is 0 Å². The fourth-order valence-electron chi connectivity index (χ4n) is 3.09. The molecule has 0 aliphatic carbocycles. The number of carbonyl (C=O) groups is 2. The number of nitrogens with one attached hydrogen (secondary N) is 2. The molecule has 1 atom stereocenters. The van der Waals surface area contributed by atoms with E-state index in [0.717, 1.165) is 22.3 Å². The average Bonchev–Trinajstić information content (AvgIpc) is 3.15. The SMILES string of the molecule is COCC(C)NC(=O)c1cc(NC(=O)c2cc(C)cs2)cc(-c2ccc(C)cc2)c1. The number of amides is 2. The van der Waals surface area contributed by atoms with Gasteiger partial charge in [-0.25, -0.2) is 0 Å². The van der Waals surface area contributed by atoms with Crippen LogP contribution < -0.4 is 10.6 Å². The highest BCUT2D eigenvalue weighted by Crippen LogP contribution is 2.26. The van der Waals surface area contributed by atoms with Gasteiger partial charge in [0.2, 0.25) is 0 Å². The Morgan fingerprint density at radius 2 is 1.70 bits per heavy atom. The van der Waals surface area contributed by atoms with Crippen molar-refractivity contribution in [3.8, 4) is 11.1 Å². The third-order valence-corrected chi connectivity index (χ3v) is 5.63. The number of carbonyl (C=O) groups excluding carboxylic acids is 2. The second kappa shape index (κ2) is 9.69. The fourth-order valence-corrected chi connectivity index (χ4v) is 3.88. The second-order valence-electron chi connectivity index (χ2n) is 7.44. The average molecular weight is 423 g/mol. The van der Waals surface area contributed by atoms with Crippen LogP contribution in [0.3, 0.4) is 0 Å². The van der Waals surface area contributed by atoms with Gasteiger partial charge in [-0.15, -0.1) is 11.3 Å². The third kappa shape index (κ3) is 5.55. The molecule has 156 valence electrons. The van der Waals surface area contributed by atoms with Gasteiger partial charge >= 0.3 is 0 Å². The zero-order chi connectivity index (χ0) is 21.7. The van der Waals surface area contributed by atoms with Gasteiger partial charge < -0.3 is 15.4 Å². The van der Waals surface area contributed by atoms with Crippen molar-refractivity contribution in [2.45, 2.75) is 26.8 Å². The van der Waals surface area contributed by atoms with Crippen LogP contribution in [0.2, 0.25) is 0 Å². The second-order valence-corrected chi connectivity index (χ2v) is 8.35. The zero-order valence-corrected chi connectivity index (χ0v) is 18.4. The van der Waals surface area contributed by atoms with E-state index < -0.39 is 0 Å².